The summed E-state index contributed by atoms with van der Waals surface area (Å²) in [5.41, 5.74) is 5.96. The van der Waals surface area contributed by atoms with Gasteiger partial charge in [-0.2, -0.15) is 0 Å². The molecule has 2 heteroatoms. The Bertz CT molecular complexity index is 97.7. The van der Waals surface area contributed by atoms with Crippen LogP contribution in [-0.4, -0.2) is 19.3 Å². The molecule has 0 bridgehead atoms. The minimum Gasteiger partial charge on any atom is -0.381 e. The summed E-state index contributed by atoms with van der Waals surface area (Å²) in [6.07, 6.45) is 4.72. The average Bonchev–Trinajstić information content (AvgIpc) is 2.30. The fourth-order valence-corrected chi connectivity index (χ4v) is 1.69. The molecule has 0 aromatic heterocycles. The number of hydrogen-bond acceptors (Lipinski definition) is 2. The van der Waals surface area contributed by atoms with Gasteiger partial charge in [0.1, 0.15) is 0 Å². The highest BCUT2D eigenvalue weighted by Gasteiger charge is 2.17. The van der Waals surface area contributed by atoms with E-state index in [1.54, 1.807) is 0 Å². The first-order chi connectivity index (χ1) is 5.34. The van der Waals surface area contributed by atoms with Crippen LogP contribution in [0.3, 0.4) is 0 Å². The van der Waals surface area contributed by atoms with Crippen molar-refractivity contribution in [2.24, 2.45) is 11.7 Å². The van der Waals surface area contributed by atoms with Crippen LogP contribution in [0, 0.1) is 5.92 Å². The van der Waals surface area contributed by atoms with Crippen molar-refractivity contribution in [2.75, 3.05) is 13.2 Å². The molecule has 66 valence electrons. The molecule has 11 heavy (non-hydrogen) atoms. The van der Waals surface area contributed by atoms with Crippen LogP contribution in [0.25, 0.3) is 0 Å². The molecule has 0 aromatic carbocycles. The van der Waals surface area contributed by atoms with E-state index in [0.29, 0.717) is 12.0 Å². The normalized spacial score (nSPS) is 29.5. The second-order valence-corrected chi connectivity index (χ2v) is 3.38. The Hall–Kier alpha value is -0.0800. The zero-order valence-electron chi connectivity index (χ0n) is 7.38. The third-order valence-corrected chi connectivity index (χ3v) is 2.57. The lowest BCUT2D eigenvalue weighted by atomic mass is 9.91. The van der Waals surface area contributed by atoms with E-state index in [9.17, 15) is 0 Å². The van der Waals surface area contributed by atoms with Gasteiger partial charge in [-0.3, -0.25) is 0 Å². The van der Waals surface area contributed by atoms with Gasteiger partial charge in [0, 0.05) is 19.3 Å². The van der Waals surface area contributed by atoms with Crippen LogP contribution < -0.4 is 5.73 Å². The zero-order valence-corrected chi connectivity index (χ0v) is 7.38. The minimum absolute atomic E-state index is 0.400. The average molecular weight is 157 g/mol. The molecule has 2 unspecified atom stereocenters. The maximum Gasteiger partial charge on any atom is 0.0469 e. The van der Waals surface area contributed by atoms with Gasteiger partial charge >= 0.3 is 0 Å². The summed E-state index contributed by atoms with van der Waals surface area (Å²) in [4.78, 5) is 0. The Labute approximate surface area is 69.1 Å². The predicted octanol–water partition coefficient (Wildman–Crippen LogP) is 1.54. The van der Waals surface area contributed by atoms with Crippen molar-refractivity contribution in [3.8, 4) is 0 Å². The summed E-state index contributed by atoms with van der Waals surface area (Å²) < 4.78 is 5.36. The molecule has 0 aliphatic carbocycles. The van der Waals surface area contributed by atoms with E-state index >= 15 is 0 Å². The van der Waals surface area contributed by atoms with Crippen LogP contribution >= 0.6 is 0 Å². The molecular weight excluding hydrogens is 138 g/mol. The molecule has 1 rings (SSSR count). The maximum absolute atomic E-state index is 5.96. The first kappa shape index (κ1) is 9.01. The van der Waals surface area contributed by atoms with Crippen LogP contribution in [-0.2, 0) is 4.74 Å². The Morgan fingerprint density at radius 2 is 2.27 bits per heavy atom. The monoisotopic (exact) mass is 157 g/mol. The molecule has 1 fully saturated rings. The lowest BCUT2D eigenvalue weighted by molar-refractivity contribution is 0.140. The number of rotatable bonds is 2. The lowest BCUT2D eigenvalue weighted by Gasteiger charge is -2.19. The topological polar surface area (TPSA) is 35.2 Å². The third kappa shape index (κ3) is 2.80. The SMILES string of the molecule is CCC(N)C1CCCOCC1. The summed E-state index contributed by atoms with van der Waals surface area (Å²) in [5.74, 6) is 0.711. The van der Waals surface area contributed by atoms with E-state index in [0.717, 1.165) is 26.1 Å². The second-order valence-electron chi connectivity index (χ2n) is 3.38. The first-order valence-electron chi connectivity index (χ1n) is 4.68. The minimum atomic E-state index is 0.400. The van der Waals surface area contributed by atoms with E-state index in [1.165, 1.54) is 12.8 Å². The van der Waals surface area contributed by atoms with E-state index in [-0.39, 0.29) is 0 Å². The van der Waals surface area contributed by atoms with E-state index in [1.807, 2.05) is 0 Å². The van der Waals surface area contributed by atoms with Gasteiger partial charge in [0.2, 0.25) is 0 Å². The number of hydrogen-bond donors (Lipinski definition) is 1. The van der Waals surface area contributed by atoms with Crippen LogP contribution in [0.1, 0.15) is 32.6 Å². The lowest BCUT2D eigenvalue weighted by Crippen LogP contribution is -2.29. The first-order valence-corrected chi connectivity index (χ1v) is 4.68. The van der Waals surface area contributed by atoms with Gasteiger partial charge in [-0.05, 0) is 31.6 Å². The van der Waals surface area contributed by atoms with Gasteiger partial charge in [0.05, 0.1) is 0 Å². The highest BCUT2D eigenvalue weighted by Crippen LogP contribution is 2.19. The fraction of sp³-hybridized carbons (Fsp3) is 1.00. The molecule has 1 aliphatic heterocycles. The van der Waals surface area contributed by atoms with Crippen molar-refractivity contribution in [1.29, 1.82) is 0 Å². The molecule has 2 N–H and O–H groups in total. The molecule has 0 spiro atoms. The second kappa shape index (κ2) is 4.73. The number of nitrogens with two attached hydrogens (primary N) is 1. The van der Waals surface area contributed by atoms with Gasteiger partial charge in [-0.15, -0.1) is 0 Å². The smallest absolute Gasteiger partial charge is 0.0469 e. The van der Waals surface area contributed by atoms with Crippen molar-refractivity contribution >= 4 is 0 Å². The highest BCUT2D eigenvalue weighted by atomic mass is 16.5. The molecule has 1 saturated heterocycles. The van der Waals surface area contributed by atoms with Crippen molar-refractivity contribution in [1.82, 2.24) is 0 Å². The molecule has 2 nitrogen and oxygen atoms in total. The van der Waals surface area contributed by atoms with E-state index < -0.39 is 0 Å². The van der Waals surface area contributed by atoms with Crippen LogP contribution in [0.5, 0.6) is 0 Å². The third-order valence-electron chi connectivity index (χ3n) is 2.57. The van der Waals surface area contributed by atoms with Crippen molar-refractivity contribution in [2.45, 2.75) is 38.6 Å². The Kier molecular flexibility index (Phi) is 3.87. The zero-order chi connectivity index (χ0) is 8.10. The predicted molar refractivity (Wildman–Crippen MR) is 46.4 cm³/mol. The molecule has 2 atom stereocenters. The van der Waals surface area contributed by atoms with Gasteiger partial charge in [-0.25, -0.2) is 0 Å². The summed E-state index contributed by atoms with van der Waals surface area (Å²) in [5, 5.41) is 0. The number of ether oxygens (including phenoxy) is 1. The molecule has 0 radical (unpaired) electrons. The van der Waals surface area contributed by atoms with Crippen LogP contribution in [0.2, 0.25) is 0 Å². The van der Waals surface area contributed by atoms with Gasteiger partial charge in [0.15, 0.2) is 0 Å². The largest absolute Gasteiger partial charge is 0.381 e. The maximum atomic E-state index is 5.96. The van der Waals surface area contributed by atoms with Crippen LogP contribution in [0.15, 0.2) is 0 Å². The summed E-state index contributed by atoms with van der Waals surface area (Å²) in [6, 6.07) is 0.400. The highest BCUT2D eigenvalue weighted by molar-refractivity contribution is 4.73. The van der Waals surface area contributed by atoms with Gasteiger partial charge < -0.3 is 10.5 Å². The van der Waals surface area contributed by atoms with Crippen molar-refractivity contribution in [3.63, 3.8) is 0 Å². The molecule has 0 aromatic rings. The quantitative estimate of drug-likeness (QED) is 0.660. The Balaban J connectivity index is 2.30. The Morgan fingerprint density at radius 3 is 3.00 bits per heavy atom. The molecule has 0 saturated carbocycles. The van der Waals surface area contributed by atoms with E-state index in [2.05, 4.69) is 6.92 Å². The molecule has 1 heterocycles. The molecule has 1 aliphatic rings. The molecule has 0 amide bonds. The standard InChI is InChI=1S/C9H19NO/c1-2-9(10)8-4-3-6-11-7-5-8/h8-9H,2-7,10H2,1H3. The van der Waals surface area contributed by atoms with Crippen molar-refractivity contribution < 1.29 is 4.74 Å². The fourth-order valence-electron chi connectivity index (χ4n) is 1.69. The summed E-state index contributed by atoms with van der Waals surface area (Å²) in [7, 11) is 0. The van der Waals surface area contributed by atoms with Gasteiger partial charge in [-0.1, -0.05) is 6.92 Å². The van der Waals surface area contributed by atoms with Crippen LogP contribution in [0.4, 0.5) is 0 Å². The van der Waals surface area contributed by atoms with Gasteiger partial charge in [0.25, 0.3) is 0 Å². The van der Waals surface area contributed by atoms with E-state index in [4.69, 9.17) is 10.5 Å². The summed E-state index contributed by atoms with van der Waals surface area (Å²) in [6.45, 7) is 4.02. The summed E-state index contributed by atoms with van der Waals surface area (Å²) >= 11 is 0. The van der Waals surface area contributed by atoms with Crippen molar-refractivity contribution in [3.05, 3.63) is 0 Å². The molecular formula is C9H19NO. The Morgan fingerprint density at radius 1 is 1.45 bits per heavy atom.